The molecule has 1 aliphatic rings. The van der Waals surface area contributed by atoms with Crippen molar-refractivity contribution in [1.82, 2.24) is 4.98 Å². The zero-order chi connectivity index (χ0) is 14.8. The Morgan fingerprint density at radius 1 is 1.57 bits per heavy atom. The molecule has 112 valence electrons. The maximum absolute atomic E-state index is 12.0. The summed E-state index contributed by atoms with van der Waals surface area (Å²) in [5.74, 6) is 1.45. The highest BCUT2D eigenvalue weighted by Gasteiger charge is 2.27. The van der Waals surface area contributed by atoms with E-state index in [9.17, 15) is 4.79 Å². The first-order chi connectivity index (χ1) is 10.2. The van der Waals surface area contributed by atoms with Crippen LogP contribution in [-0.4, -0.2) is 28.9 Å². The molecule has 0 radical (unpaired) electrons. The van der Waals surface area contributed by atoms with E-state index in [1.807, 2.05) is 24.5 Å². The normalized spacial score (nSPS) is 16.1. The second kappa shape index (κ2) is 6.34. The molecule has 21 heavy (non-hydrogen) atoms. The van der Waals surface area contributed by atoms with Gasteiger partial charge in [-0.25, -0.2) is 4.98 Å². The predicted molar refractivity (Wildman–Crippen MR) is 91.2 cm³/mol. The first-order valence-electron chi connectivity index (χ1n) is 7.13. The zero-order valence-electron chi connectivity index (χ0n) is 12.0. The summed E-state index contributed by atoms with van der Waals surface area (Å²) < 4.78 is 1.13. The summed E-state index contributed by atoms with van der Waals surface area (Å²) in [5, 5.41) is 4.13. The number of fused-ring (bicyclic) bond motifs is 1. The molecule has 1 fully saturated rings. The van der Waals surface area contributed by atoms with Crippen LogP contribution in [0.1, 0.15) is 30.2 Å². The number of anilines is 1. The fraction of sp³-hybridized carbons (Fsp3) is 0.467. The van der Waals surface area contributed by atoms with Crippen LogP contribution in [0.15, 0.2) is 18.2 Å². The van der Waals surface area contributed by atoms with Crippen LogP contribution in [0.2, 0.25) is 0 Å². The standard InChI is InChI=1S/C15H19N3OS2/c1-20-7-6-11(16)14(19)17-10-4-5-12-13(8-10)21-15(18-12)9-2-3-9/h4-5,8-9,11H,2-3,6-7,16H2,1H3,(H,17,19)/t11-/m0/s1. The average molecular weight is 321 g/mol. The third-order valence-electron chi connectivity index (χ3n) is 3.57. The van der Waals surface area contributed by atoms with Crippen LogP contribution in [-0.2, 0) is 4.79 Å². The lowest BCUT2D eigenvalue weighted by Crippen LogP contribution is -2.36. The van der Waals surface area contributed by atoms with Gasteiger partial charge in [0.05, 0.1) is 21.3 Å². The van der Waals surface area contributed by atoms with Gasteiger partial charge in [-0.15, -0.1) is 11.3 Å². The van der Waals surface area contributed by atoms with Gasteiger partial charge in [-0.2, -0.15) is 11.8 Å². The van der Waals surface area contributed by atoms with Crippen molar-refractivity contribution in [2.24, 2.45) is 5.73 Å². The lowest BCUT2D eigenvalue weighted by atomic mass is 10.2. The molecule has 1 saturated carbocycles. The van der Waals surface area contributed by atoms with Gasteiger partial charge in [0.15, 0.2) is 0 Å². The highest BCUT2D eigenvalue weighted by Crippen LogP contribution is 2.43. The Labute approximate surface area is 132 Å². The van der Waals surface area contributed by atoms with Crippen LogP contribution < -0.4 is 11.1 Å². The number of hydrogen-bond acceptors (Lipinski definition) is 5. The minimum Gasteiger partial charge on any atom is -0.325 e. The number of rotatable bonds is 6. The Balaban J connectivity index is 1.70. The van der Waals surface area contributed by atoms with E-state index in [1.54, 1.807) is 23.1 Å². The maximum atomic E-state index is 12.0. The van der Waals surface area contributed by atoms with Gasteiger partial charge < -0.3 is 11.1 Å². The fourth-order valence-electron chi connectivity index (χ4n) is 2.14. The molecule has 0 unspecified atom stereocenters. The highest BCUT2D eigenvalue weighted by atomic mass is 32.2. The van der Waals surface area contributed by atoms with Gasteiger partial charge in [0.2, 0.25) is 5.91 Å². The smallest absolute Gasteiger partial charge is 0.241 e. The number of nitrogens with one attached hydrogen (secondary N) is 1. The van der Waals surface area contributed by atoms with Crippen LogP contribution >= 0.6 is 23.1 Å². The van der Waals surface area contributed by atoms with Crippen LogP contribution in [0.5, 0.6) is 0 Å². The van der Waals surface area contributed by atoms with E-state index in [4.69, 9.17) is 5.73 Å². The molecule has 1 amide bonds. The van der Waals surface area contributed by atoms with Crippen molar-refractivity contribution in [2.75, 3.05) is 17.3 Å². The van der Waals surface area contributed by atoms with E-state index in [2.05, 4.69) is 10.3 Å². The van der Waals surface area contributed by atoms with Crippen molar-refractivity contribution in [3.63, 3.8) is 0 Å². The quantitative estimate of drug-likeness (QED) is 0.857. The molecular formula is C15H19N3OS2. The van der Waals surface area contributed by atoms with E-state index >= 15 is 0 Å². The van der Waals surface area contributed by atoms with Crippen LogP contribution in [0.3, 0.4) is 0 Å². The number of thiazole rings is 1. The first-order valence-corrected chi connectivity index (χ1v) is 9.34. The van der Waals surface area contributed by atoms with Gasteiger partial charge in [-0.1, -0.05) is 0 Å². The number of nitrogens with zero attached hydrogens (tertiary/aromatic N) is 1. The minimum absolute atomic E-state index is 0.115. The summed E-state index contributed by atoms with van der Waals surface area (Å²) in [5.41, 5.74) is 7.70. The number of carbonyl (C=O) groups is 1. The molecule has 1 heterocycles. The third kappa shape index (κ3) is 3.56. The van der Waals surface area contributed by atoms with Crippen molar-refractivity contribution in [2.45, 2.75) is 31.2 Å². The second-order valence-corrected chi connectivity index (χ2v) is 7.43. The Morgan fingerprint density at radius 3 is 3.10 bits per heavy atom. The summed E-state index contributed by atoms with van der Waals surface area (Å²) in [6.07, 6.45) is 5.23. The van der Waals surface area contributed by atoms with Gasteiger partial charge in [0.25, 0.3) is 0 Å². The molecule has 0 saturated heterocycles. The van der Waals surface area contributed by atoms with Gasteiger partial charge in [-0.3, -0.25) is 4.79 Å². The molecule has 1 atom stereocenters. The van der Waals surface area contributed by atoms with E-state index in [1.165, 1.54) is 17.8 Å². The topological polar surface area (TPSA) is 68.0 Å². The Morgan fingerprint density at radius 2 is 2.38 bits per heavy atom. The largest absolute Gasteiger partial charge is 0.325 e. The molecule has 1 aromatic carbocycles. The van der Waals surface area contributed by atoms with Crippen LogP contribution in [0.4, 0.5) is 5.69 Å². The maximum Gasteiger partial charge on any atom is 0.241 e. The Kier molecular flexibility index (Phi) is 4.47. The second-order valence-electron chi connectivity index (χ2n) is 5.39. The molecule has 2 aromatic rings. The molecular weight excluding hydrogens is 302 g/mol. The van der Waals surface area contributed by atoms with Crippen LogP contribution in [0.25, 0.3) is 10.2 Å². The number of hydrogen-bond donors (Lipinski definition) is 2. The van der Waals surface area contributed by atoms with Crippen molar-refractivity contribution < 1.29 is 4.79 Å². The summed E-state index contributed by atoms with van der Waals surface area (Å²) in [7, 11) is 0. The SMILES string of the molecule is CSCC[C@H](N)C(=O)Nc1ccc2nc(C3CC3)sc2c1. The first kappa shape index (κ1) is 14.8. The third-order valence-corrected chi connectivity index (χ3v) is 5.39. The zero-order valence-corrected chi connectivity index (χ0v) is 13.6. The van der Waals surface area contributed by atoms with Crippen molar-refractivity contribution in [1.29, 1.82) is 0 Å². The Hall–Kier alpha value is -1.11. The van der Waals surface area contributed by atoms with E-state index in [0.717, 1.165) is 21.7 Å². The van der Waals surface area contributed by atoms with Crippen LogP contribution in [0, 0.1) is 0 Å². The highest BCUT2D eigenvalue weighted by molar-refractivity contribution is 7.98. The number of thioether (sulfide) groups is 1. The molecule has 0 bridgehead atoms. The minimum atomic E-state index is -0.448. The lowest BCUT2D eigenvalue weighted by molar-refractivity contribution is -0.117. The summed E-state index contributed by atoms with van der Waals surface area (Å²) in [6, 6.07) is 5.42. The molecule has 0 spiro atoms. The van der Waals surface area contributed by atoms with Crippen molar-refractivity contribution >= 4 is 44.9 Å². The van der Waals surface area contributed by atoms with Gasteiger partial charge in [0, 0.05) is 11.6 Å². The van der Waals surface area contributed by atoms with E-state index < -0.39 is 6.04 Å². The average Bonchev–Trinajstić information content (AvgIpc) is 3.24. The summed E-state index contributed by atoms with van der Waals surface area (Å²) in [4.78, 5) is 16.7. The molecule has 6 heteroatoms. The number of amides is 1. The van der Waals surface area contributed by atoms with Crippen molar-refractivity contribution in [3.05, 3.63) is 23.2 Å². The number of aromatic nitrogens is 1. The molecule has 0 aliphatic heterocycles. The van der Waals surface area contributed by atoms with E-state index in [-0.39, 0.29) is 5.91 Å². The monoisotopic (exact) mass is 321 g/mol. The van der Waals surface area contributed by atoms with Crippen molar-refractivity contribution in [3.8, 4) is 0 Å². The van der Waals surface area contributed by atoms with Gasteiger partial charge >= 0.3 is 0 Å². The molecule has 4 nitrogen and oxygen atoms in total. The summed E-state index contributed by atoms with van der Waals surface area (Å²) in [6.45, 7) is 0. The molecule has 3 N–H and O–H groups in total. The van der Waals surface area contributed by atoms with E-state index in [0.29, 0.717) is 12.3 Å². The van der Waals surface area contributed by atoms with Gasteiger partial charge in [-0.05, 0) is 49.5 Å². The predicted octanol–water partition coefficient (Wildman–Crippen LogP) is 3.19. The molecule has 1 aliphatic carbocycles. The summed E-state index contributed by atoms with van der Waals surface area (Å²) >= 11 is 3.43. The number of carbonyl (C=O) groups excluding carboxylic acids is 1. The fourth-order valence-corrected chi connectivity index (χ4v) is 3.80. The number of benzene rings is 1. The molecule has 3 rings (SSSR count). The lowest BCUT2D eigenvalue weighted by Gasteiger charge is -2.11. The van der Waals surface area contributed by atoms with Gasteiger partial charge in [0.1, 0.15) is 0 Å². The number of nitrogens with two attached hydrogens (primary N) is 1. The molecule has 1 aromatic heterocycles. The Bertz CT molecular complexity index is 651.